The molecule has 0 aliphatic carbocycles. The maximum atomic E-state index is 5.75. The Balaban J connectivity index is 2.80. The highest BCUT2D eigenvalue weighted by molar-refractivity contribution is 5.53. The first-order valence-corrected chi connectivity index (χ1v) is 5.86. The Morgan fingerprint density at radius 1 is 1.20 bits per heavy atom. The number of hydrogen-bond donors (Lipinski definition) is 1. The third-order valence-corrected chi connectivity index (χ3v) is 2.72. The molecule has 0 aliphatic rings. The van der Waals surface area contributed by atoms with E-state index in [9.17, 15) is 0 Å². The van der Waals surface area contributed by atoms with Crippen molar-refractivity contribution in [2.75, 3.05) is 18.0 Å². The molecule has 1 rings (SSSR count). The van der Waals surface area contributed by atoms with Gasteiger partial charge in [-0.05, 0) is 25.0 Å². The van der Waals surface area contributed by atoms with Crippen molar-refractivity contribution in [1.29, 1.82) is 0 Å². The van der Waals surface area contributed by atoms with Gasteiger partial charge in [0.15, 0.2) is 0 Å². The van der Waals surface area contributed by atoms with Crippen molar-refractivity contribution in [2.45, 2.75) is 33.2 Å². The molecule has 0 saturated carbocycles. The zero-order chi connectivity index (χ0) is 11.1. The van der Waals surface area contributed by atoms with Crippen molar-refractivity contribution >= 4 is 5.69 Å². The fraction of sp³-hybridized carbons (Fsp3) is 0.538. The van der Waals surface area contributed by atoms with Crippen LogP contribution in [0.4, 0.5) is 5.69 Å². The van der Waals surface area contributed by atoms with E-state index in [0.29, 0.717) is 6.54 Å². The molecule has 2 N–H and O–H groups in total. The molecule has 0 aliphatic heterocycles. The highest BCUT2D eigenvalue weighted by Crippen LogP contribution is 2.20. The van der Waals surface area contributed by atoms with Crippen molar-refractivity contribution in [3.8, 4) is 0 Å². The summed E-state index contributed by atoms with van der Waals surface area (Å²) in [5.74, 6) is 0. The Kier molecular flexibility index (Phi) is 5.19. The zero-order valence-electron chi connectivity index (χ0n) is 9.87. The minimum absolute atomic E-state index is 0.624. The summed E-state index contributed by atoms with van der Waals surface area (Å²) in [5.41, 5.74) is 8.29. The Bertz CT molecular complexity index is 284. The van der Waals surface area contributed by atoms with Gasteiger partial charge in [0.2, 0.25) is 0 Å². The first-order chi connectivity index (χ1) is 7.33. The van der Waals surface area contributed by atoms with Crippen LogP contribution >= 0.6 is 0 Å². The maximum absolute atomic E-state index is 5.75. The summed E-state index contributed by atoms with van der Waals surface area (Å²) < 4.78 is 0. The first-order valence-electron chi connectivity index (χ1n) is 5.86. The summed E-state index contributed by atoms with van der Waals surface area (Å²) in [4.78, 5) is 2.41. The molecule has 2 heteroatoms. The summed E-state index contributed by atoms with van der Waals surface area (Å²) in [7, 11) is 0. The normalized spacial score (nSPS) is 10.3. The Morgan fingerprint density at radius 2 is 1.93 bits per heavy atom. The topological polar surface area (TPSA) is 29.3 Å². The van der Waals surface area contributed by atoms with Crippen LogP contribution in [0.25, 0.3) is 0 Å². The molecule has 0 atom stereocenters. The van der Waals surface area contributed by atoms with E-state index >= 15 is 0 Å². The van der Waals surface area contributed by atoms with E-state index in [4.69, 9.17) is 5.73 Å². The lowest BCUT2D eigenvalue weighted by atomic mass is 10.1. The van der Waals surface area contributed by atoms with Crippen molar-refractivity contribution in [3.63, 3.8) is 0 Å². The van der Waals surface area contributed by atoms with Crippen molar-refractivity contribution in [2.24, 2.45) is 5.73 Å². The van der Waals surface area contributed by atoms with E-state index in [-0.39, 0.29) is 0 Å². The molecule has 2 nitrogen and oxygen atoms in total. The fourth-order valence-corrected chi connectivity index (χ4v) is 1.79. The van der Waals surface area contributed by atoms with Gasteiger partial charge in [-0.2, -0.15) is 0 Å². The molecular weight excluding hydrogens is 184 g/mol. The highest BCUT2D eigenvalue weighted by Gasteiger charge is 2.06. The average Bonchev–Trinajstić information content (AvgIpc) is 2.30. The Morgan fingerprint density at radius 3 is 2.53 bits per heavy atom. The third-order valence-electron chi connectivity index (χ3n) is 2.72. The summed E-state index contributed by atoms with van der Waals surface area (Å²) in [6.07, 6.45) is 2.48. The second kappa shape index (κ2) is 6.46. The van der Waals surface area contributed by atoms with Gasteiger partial charge in [-0.1, -0.05) is 31.5 Å². The predicted octanol–water partition coefficient (Wildman–Crippen LogP) is 2.77. The van der Waals surface area contributed by atoms with E-state index in [2.05, 4.69) is 43.0 Å². The number of rotatable bonds is 6. The molecule has 0 fully saturated rings. The van der Waals surface area contributed by atoms with Gasteiger partial charge >= 0.3 is 0 Å². The predicted molar refractivity (Wildman–Crippen MR) is 67.1 cm³/mol. The van der Waals surface area contributed by atoms with Gasteiger partial charge in [0.05, 0.1) is 0 Å². The Hall–Kier alpha value is -1.02. The first kappa shape index (κ1) is 12.1. The number of nitrogens with zero attached hydrogens (tertiary/aromatic N) is 1. The molecule has 0 radical (unpaired) electrons. The van der Waals surface area contributed by atoms with Gasteiger partial charge in [0.25, 0.3) is 0 Å². The number of unbranched alkanes of at least 4 members (excludes halogenated alkanes) is 1. The van der Waals surface area contributed by atoms with Crippen molar-refractivity contribution in [3.05, 3.63) is 29.8 Å². The van der Waals surface area contributed by atoms with E-state index in [0.717, 1.165) is 13.1 Å². The number of hydrogen-bond acceptors (Lipinski definition) is 2. The summed E-state index contributed by atoms with van der Waals surface area (Å²) in [5, 5.41) is 0. The van der Waals surface area contributed by atoms with Gasteiger partial charge in [-0.3, -0.25) is 0 Å². The molecular formula is C13H22N2. The largest absolute Gasteiger partial charge is 0.372 e. The molecule has 0 heterocycles. The van der Waals surface area contributed by atoms with E-state index < -0.39 is 0 Å². The zero-order valence-corrected chi connectivity index (χ0v) is 9.87. The standard InChI is InChI=1S/C13H22N2/c1-3-5-10-15(4-2)13-9-7-6-8-12(13)11-14/h6-9H,3-5,10-11,14H2,1-2H3. The molecule has 15 heavy (non-hydrogen) atoms. The minimum Gasteiger partial charge on any atom is -0.372 e. The van der Waals surface area contributed by atoms with Crippen LogP contribution < -0.4 is 10.6 Å². The number of anilines is 1. The van der Waals surface area contributed by atoms with E-state index in [1.54, 1.807) is 0 Å². The summed E-state index contributed by atoms with van der Waals surface area (Å²) >= 11 is 0. The minimum atomic E-state index is 0.624. The van der Waals surface area contributed by atoms with Gasteiger partial charge in [0, 0.05) is 25.3 Å². The lowest BCUT2D eigenvalue weighted by molar-refractivity contribution is 0.728. The quantitative estimate of drug-likeness (QED) is 0.775. The number of nitrogens with two attached hydrogens (primary N) is 1. The van der Waals surface area contributed by atoms with Crippen LogP contribution in [0.1, 0.15) is 32.3 Å². The van der Waals surface area contributed by atoms with Crippen LogP contribution in [0.2, 0.25) is 0 Å². The second-order valence-corrected chi connectivity index (χ2v) is 3.77. The lowest BCUT2D eigenvalue weighted by Gasteiger charge is -2.25. The molecule has 0 amide bonds. The third kappa shape index (κ3) is 3.24. The highest BCUT2D eigenvalue weighted by atomic mass is 15.1. The summed E-state index contributed by atoms with van der Waals surface area (Å²) in [6.45, 7) is 7.23. The maximum Gasteiger partial charge on any atom is 0.0411 e. The molecule has 84 valence electrons. The molecule has 0 aromatic heterocycles. The van der Waals surface area contributed by atoms with Crippen molar-refractivity contribution < 1.29 is 0 Å². The molecule has 0 saturated heterocycles. The smallest absolute Gasteiger partial charge is 0.0411 e. The van der Waals surface area contributed by atoms with Crippen molar-refractivity contribution in [1.82, 2.24) is 0 Å². The van der Waals surface area contributed by atoms with Gasteiger partial charge in [-0.25, -0.2) is 0 Å². The molecule has 0 spiro atoms. The fourth-order valence-electron chi connectivity index (χ4n) is 1.79. The number of benzene rings is 1. The van der Waals surface area contributed by atoms with Crippen LogP contribution in [0.15, 0.2) is 24.3 Å². The molecule has 1 aromatic carbocycles. The molecule has 0 bridgehead atoms. The van der Waals surface area contributed by atoms with Gasteiger partial charge < -0.3 is 10.6 Å². The second-order valence-electron chi connectivity index (χ2n) is 3.77. The Labute approximate surface area is 93.1 Å². The van der Waals surface area contributed by atoms with Crippen LogP contribution in [-0.2, 0) is 6.54 Å². The van der Waals surface area contributed by atoms with Gasteiger partial charge in [0.1, 0.15) is 0 Å². The van der Waals surface area contributed by atoms with Gasteiger partial charge in [-0.15, -0.1) is 0 Å². The summed E-state index contributed by atoms with van der Waals surface area (Å²) in [6, 6.07) is 8.42. The SMILES string of the molecule is CCCCN(CC)c1ccccc1CN. The number of para-hydroxylation sites is 1. The van der Waals surface area contributed by atoms with Crippen LogP contribution in [-0.4, -0.2) is 13.1 Å². The van der Waals surface area contributed by atoms with Crippen LogP contribution in [0.5, 0.6) is 0 Å². The van der Waals surface area contributed by atoms with Crippen LogP contribution in [0, 0.1) is 0 Å². The van der Waals surface area contributed by atoms with E-state index in [1.807, 2.05) is 0 Å². The average molecular weight is 206 g/mol. The lowest BCUT2D eigenvalue weighted by Crippen LogP contribution is -2.25. The molecule has 1 aromatic rings. The van der Waals surface area contributed by atoms with E-state index in [1.165, 1.54) is 24.1 Å². The molecule has 0 unspecified atom stereocenters. The van der Waals surface area contributed by atoms with Crippen LogP contribution in [0.3, 0.4) is 0 Å². The monoisotopic (exact) mass is 206 g/mol.